The molecule has 0 bridgehead atoms. The molecule has 0 atom stereocenters. The molecule has 4 heteroatoms. The number of carbonyl (C=O) groups is 1. The molecule has 3 rings (SSSR count). The summed E-state index contributed by atoms with van der Waals surface area (Å²) in [6, 6.07) is 4.18. The van der Waals surface area contributed by atoms with E-state index in [1.165, 1.54) is 11.3 Å². The third-order valence-electron chi connectivity index (χ3n) is 4.02. The van der Waals surface area contributed by atoms with Gasteiger partial charge in [0.2, 0.25) is 0 Å². The van der Waals surface area contributed by atoms with Crippen molar-refractivity contribution in [2.75, 3.05) is 31.2 Å². The van der Waals surface area contributed by atoms with Crippen LogP contribution in [0, 0.1) is 5.41 Å². The van der Waals surface area contributed by atoms with E-state index in [0.29, 0.717) is 0 Å². The summed E-state index contributed by atoms with van der Waals surface area (Å²) in [6.07, 6.45) is 0.839. The SMILES string of the molecule is CC1(C)Cc2cc(N3CCOCC3)c(Br)cc2C1=O. The van der Waals surface area contributed by atoms with Gasteiger partial charge < -0.3 is 9.64 Å². The Balaban J connectivity index is 1.99. The Labute approximate surface area is 122 Å². The van der Waals surface area contributed by atoms with Gasteiger partial charge in [-0.2, -0.15) is 0 Å². The van der Waals surface area contributed by atoms with E-state index >= 15 is 0 Å². The topological polar surface area (TPSA) is 29.5 Å². The Bertz CT molecular complexity index is 533. The fourth-order valence-electron chi connectivity index (χ4n) is 2.93. The van der Waals surface area contributed by atoms with Crippen molar-refractivity contribution in [3.63, 3.8) is 0 Å². The number of rotatable bonds is 1. The molecule has 0 radical (unpaired) electrons. The summed E-state index contributed by atoms with van der Waals surface area (Å²) in [5, 5.41) is 0. The summed E-state index contributed by atoms with van der Waals surface area (Å²) < 4.78 is 6.41. The van der Waals surface area contributed by atoms with E-state index < -0.39 is 0 Å². The third-order valence-corrected chi connectivity index (χ3v) is 4.65. The van der Waals surface area contributed by atoms with Gasteiger partial charge in [-0.3, -0.25) is 4.79 Å². The standard InChI is InChI=1S/C15H18BrNO2/c1-15(2)9-10-7-13(17-3-5-19-6-4-17)12(16)8-11(10)14(15)18/h7-8H,3-6,9H2,1-2H3. The van der Waals surface area contributed by atoms with Crippen molar-refractivity contribution in [2.24, 2.45) is 5.41 Å². The molecule has 1 aromatic carbocycles. The summed E-state index contributed by atoms with van der Waals surface area (Å²) in [5.41, 5.74) is 2.99. The first-order valence-electron chi connectivity index (χ1n) is 6.69. The van der Waals surface area contributed by atoms with Crippen molar-refractivity contribution in [3.05, 3.63) is 27.7 Å². The Morgan fingerprint density at radius 3 is 2.63 bits per heavy atom. The lowest BCUT2D eigenvalue weighted by atomic mass is 9.89. The van der Waals surface area contributed by atoms with Crippen molar-refractivity contribution in [3.8, 4) is 0 Å². The van der Waals surface area contributed by atoms with E-state index in [0.717, 1.165) is 42.8 Å². The maximum absolute atomic E-state index is 12.3. The molecule has 1 aliphatic carbocycles. The van der Waals surface area contributed by atoms with E-state index in [9.17, 15) is 4.79 Å². The lowest BCUT2D eigenvalue weighted by Crippen LogP contribution is -2.36. The third kappa shape index (κ3) is 2.21. The normalized spacial score (nSPS) is 21.6. The molecular weight excluding hydrogens is 306 g/mol. The second-order valence-electron chi connectivity index (χ2n) is 5.95. The number of benzene rings is 1. The molecular formula is C15H18BrNO2. The van der Waals surface area contributed by atoms with Crippen LogP contribution in [0.2, 0.25) is 0 Å². The number of fused-ring (bicyclic) bond motifs is 1. The predicted octanol–water partition coefficient (Wildman–Crippen LogP) is 3.05. The summed E-state index contributed by atoms with van der Waals surface area (Å²) >= 11 is 3.62. The van der Waals surface area contributed by atoms with Crippen LogP contribution in [0.15, 0.2) is 16.6 Å². The van der Waals surface area contributed by atoms with Crippen molar-refractivity contribution in [1.29, 1.82) is 0 Å². The largest absolute Gasteiger partial charge is 0.378 e. The molecule has 0 saturated carbocycles. The molecule has 0 amide bonds. The summed E-state index contributed by atoms with van der Waals surface area (Å²) in [4.78, 5) is 14.6. The molecule has 2 aliphatic rings. The molecule has 19 heavy (non-hydrogen) atoms. The number of hydrogen-bond donors (Lipinski definition) is 0. The number of Topliss-reactive ketones (excluding diaryl/α,β-unsaturated/α-hetero) is 1. The average Bonchev–Trinajstić information content (AvgIpc) is 2.61. The van der Waals surface area contributed by atoms with Crippen LogP contribution in [0.1, 0.15) is 29.8 Å². The summed E-state index contributed by atoms with van der Waals surface area (Å²) in [7, 11) is 0. The van der Waals surface area contributed by atoms with E-state index in [1.54, 1.807) is 0 Å². The van der Waals surface area contributed by atoms with Crippen LogP contribution in [0.4, 0.5) is 5.69 Å². The van der Waals surface area contributed by atoms with Gasteiger partial charge in [0.25, 0.3) is 0 Å². The Kier molecular flexibility index (Phi) is 3.18. The second kappa shape index (κ2) is 4.60. The number of halogens is 1. The molecule has 102 valence electrons. The zero-order chi connectivity index (χ0) is 13.6. The zero-order valence-electron chi connectivity index (χ0n) is 11.3. The Morgan fingerprint density at radius 2 is 1.95 bits per heavy atom. The first-order valence-corrected chi connectivity index (χ1v) is 7.48. The molecule has 1 heterocycles. The van der Waals surface area contributed by atoms with E-state index in [1.807, 2.05) is 19.9 Å². The fraction of sp³-hybridized carbons (Fsp3) is 0.533. The molecule has 1 aliphatic heterocycles. The first-order chi connectivity index (χ1) is 8.99. The van der Waals surface area contributed by atoms with Crippen molar-refractivity contribution in [2.45, 2.75) is 20.3 Å². The summed E-state index contributed by atoms with van der Waals surface area (Å²) in [5.74, 6) is 0.261. The molecule has 0 spiro atoms. The van der Waals surface area contributed by atoms with Crippen molar-refractivity contribution in [1.82, 2.24) is 0 Å². The maximum atomic E-state index is 12.3. The number of carbonyl (C=O) groups excluding carboxylic acids is 1. The van der Waals surface area contributed by atoms with Crippen LogP contribution in [0.25, 0.3) is 0 Å². The summed E-state index contributed by atoms with van der Waals surface area (Å²) in [6.45, 7) is 7.42. The van der Waals surface area contributed by atoms with Crippen LogP contribution in [0.3, 0.4) is 0 Å². The van der Waals surface area contributed by atoms with Crippen LogP contribution >= 0.6 is 15.9 Å². The number of nitrogens with zero attached hydrogens (tertiary/aromatic N) is 1. The Hall–Kier alpha value is -0.870. The van der Waals surface area contributed by atoms with E-state index in [4.69, 9.17) is 4.74 Å². The van der Waals surface area contributed by atoms with Crippen LogP contribution < -0.4 is 4.90 Å². The first kappa shape index (κ1) is 13.1. The van der Waals surface area contributed by atoms with Gasteiger partial charge in [-0.05, 0) is 40.0 Å². The number of morpholine rings is 1. The number of anilines is 1. The smallest absolute Gasteiger partial charge is 0.169 e. The maximum Gasteiger partial charge on any atom is 0.169 e. The molecule has 1 fully saturated rings. The highest BCUT2D eigenvalue weighted by molar-refractivity contribution is 9.10. The van der Waals surface area contributed by atoms with Gasteiger partial charge in [-0.15, -0.1) is 0 Å². The van der Waals surface area contributed by atoms with Gasteiger partial charge in [0, 0.05) is 28.5 Å². The minimum atomic E-state index is -0.259. The molecule has 0 aromatic heterocycles. The van der Waals surface area contributed by atoms with Gasteiger partial charge in [0.05, 0.1) is 18.9 Å². The highest BCUT2D eigenvalue weighted by Gasteiger charge is 2.38. The number of hydrogen-bond acceptors (Lipinski definition) is 3. The van der Waals surface area contributed by atoms with Crippen LogP contribution in [0.5, 0.6) is 0 Å². The average molecular weight is 324 g/mol. The zero-order valence-corrected chi connectivity index (χ0v) is 12.9. The predicted molar refractivity (Wildman–Crippen MR) is 79.0 cm³/mol. The van der Waals surface area contributed by atoms with E-state index in [-0.39, 0.29) is 11.2 Å². The van der Waals surface area contributed by atoms with Gasteiger partial charge in [-0.25, -0.2) is 0 Å². The van der Waals surface area contributed by atoms with Crippen LogP contribution in [-0.2, 0) is 11.2 Å². The highest BCUT2D eigenvalue weighted by Crippen LogP contribution is 2.41. The molecule has 1 saturated heterocycles. The van der Waals surface area contributed by atoms with Gasteiger partial charge >= 0.3 is 0 Å². The van der Waals surface area contributed by atoms with Crippen molar-refractivity contribution < 1.29 is 9.53 Å². The van der Waals surface area contributed by atoms with Gasteiger partial charge in [0.1, 0.15) is 0 Å². The quantitative estimate of drug-likeness (QED) is 0.795. The lowest BCUT2D eigenvalue weighted by Gasteiger charge is -2.30. The molecule has 3 nitrogen and oxygen atoms in total. The number of ketones is 1. The number of ether oxygens (including phenoxy) is 1. The molecule has 1 aromatic rings. The van der Waals surface area contributed by atoms with Crippen LogP contribution in [-0.4, -0.2) is 32.1 Å². The van der Waals surface area contributed by atoms with E-state index in [2.05, 4.69) is 26.9 Å². The molecule has 0 N–H and O–H groups in total. The minimum Gasteiger partial charge on any atom is -0.378 e. The van der Waals surface area contributed by atoms with Gasteiger partial charge in [-0.1, -0.05) is 13.8 Å². The molecule has 0 unspecified atom stereocenters. The monoisotopic (exact) mass is 323 g/mol. The Morgan fingerprint density at radius 1 is 1.26 bits per heavy atom. The lowest BCUT2D eigenvalue weighted by molar-refractivity contribution is 0.0863. The minimum absolute atomic E-state index is 0.259. The van der Waals surface area contributed by atoms with Gasteiger partial charge in [0.15, 0.2) is 5.78 Å². The highest BCUT2D eigenvalue weighted by atomic mass is 79.9. The second-order valence-corrected chi connectivity index (χ2v) is 6.80. The van der Waals surface area contributed by atoms with Crippen molar-refractivity contribution >= 4 is 27.4 Å². The fourth-order valence-corrected chi connectivity index (χ4v) is 3.52.